The van der Waals surface area contributed by atoms with E-state index in [1.165, 1.54) is 11.8 Å². The fourth-order valence-corrected chi connectivity index (χ4v) is 3.92. The molecular weight excluding hydrogens is 420 g/mol. The van der Waals surface area contributed by atoms with Crippen molar-refractivity contribution in [3.63, 3.8) is 0 Å². The fraction of sp³-hybridized carbons (Fsp3) is 0.227. The highest BCUT2D eigenvalue weighted by Crippen LogP contribution is 2.31. The van der Waals surface area contributed by atoms with Crippen LogP contribution in [0.1, 0.15) is 12.5 Å². The molecule has 2 aromatic carbocycles. The Morgan fingerprint density at radius 2 is 2.13 bits per heavy atom. The van der Waals surface area contributed by atoms with Crippen molar-refractivity contribution < 1.29 is 9.53 Å². The van der Waals surface area contributed by atoms with Gasteiger partial charge in [0.15, 0.2) is 11.0 Å². The third kappa shape index (κ3) is 5.04. The molecule has 30 heavy (non-hydrogen) atoms. The molecule has 0 bridgehead atoms. The Bertz CT molecular complexity index is 1070. The Hall–Kier alpha value is -2.77. The summed E-state index contributed by atoms with van der Waals surface area (Å²) in [6.07, 6.45) is 1.79. The number of methoxy groups -OCH3 is 1. The van der Waals surface area contributed by atoms with Crippen molar-refractivity contribution in [2.45, 2.75) is 30.8 Å². The lowest BCUT2D eigenvalue weighted by Crippen LogP contribution is -2.23. The molecule has 1 amide bonds. The Balaban J connectivity index is 1.81. The Morgan fingerprint density at radius 1 is 1.33 bits per heavy atom. The maximum Gasteiger partial charge on any atom is 0.237 e. The average molecular weight is 443 g/mol. The molecule has 1 unspecified atom stereocenters. The summed E-state index contributed by atoms with van der Waals surface area (Å²) in [5.41, 5.74) is 2.63. The first-order valence-electron chi connectivity index (χ1n) is 9.35. The van der Waals surface area contributed by atoms with E-state index in [4.69, 9.17) is 16.3 Å². The summed E-state index contributed by atoms with van der Waals surface area (Å²) in [6, 6.07) is 13.1. The molecule has 0 radical (unpaired) electrons. The Morgan fingerprint density at radius 3 is 2.83 bits per heavy atom. The smallest absolute Gasteiger partial charge is 0.237 e. The number of allylic oxidation sites excluding steroid dienone is 1. The summed E-state index contributed by atoms with van der Waals surface area (Å²) in [5, 5.41) is 12.3. The standard InChI is InChI=1S/C22H23ClN4O2S/c1-5-11-27-20(16-8-6-7-14(2)12-16)25-26-22(27)30-15(3)21(28)24-18-13-17(23)9-10-19(18)29-4/h5-10,12-13,15H,1,11H2,2-4H3,(H,24,28). The first-order valence-corrected chi connectivity index (χ1v) is 10.6. The maximum atomic E-state index is 12.8. The van der Waals surface area contributed by atoms with Gasteiger partial charge in [-0.15, -0.1) is 16.8 Å². The van der Waals surface area contributed by atoms with Gasteiger partial charge in [-0.05, 0) is 38.1 Å². The van der Waals surface area contributed by atoms with Crippen molar-refractivity contribution in [1.82, 2.24) is 14.8 Å². The van der Waals surface area contributed by atoms with Crippen LogP contribution >= 0.6 is 23.4 Å². The molecule has 0 aliphatic rings. The quantitative estimate of drug-likeness (QED) is 0.382. The second-order valence-electron chi connectivity index (χ2n) is 6.67. The number of aromatic nitrogens is 3. The minimum absolute atomic E-state index is 0.189. The molecule has 0 fully saturated rings. The molecular formula is C22H23ClN4O2S. The molecule has 1 N–H and O–H groups in total. The van der Waals surface area contributed by atoms with Crippen LogP contribution in [0, 0.1) is 6.92 Å². The lowest BCUT2D eigenvalue weighted by atomic mass is 10.1. The van der Waals surface area contributed by atoms with Crippen molar-refractivity contribution in [1.29, 1.82) is 0 Å². The van der Waals surface area contributed by atoms with Gasteiger partial charge in [-0.25, -0.2) is 0 Å². The normalized spacial score (nSPS) is 11.7. The van der Waals surface area contributed by atoms with Crippen LogP contribution in [0.15, 0.2) is 60.3 Å². The number of anilines is 1. The van der Waals surface area contributed by atoms with Crippen molar-refractivity contribution in [3.05, 3.63) is 65.7 Å². The fourth-order valence-electron chi connectivity index (χ4n) is 2.89. The van der Waals surface area contributed by atoms with Crippen LogP contribution in [0.2, 0.25) is 5.02 Å². The summed E-state index contributed by atoms with van der Waals surface area (Å²) >= 11 is 7.38. The van der Waals surface area contributed by atoms with Crippen molar-refractivity contribution in [3.8, 4) is 17.1 Å². The first kappa shape index (κ1) is 21.9. The summed E-state index contributed by atoms with van der Waals surface area (Å²) in [6.45, 7) is 8.22. The van der Waals surface area contributed by atoms with Gasteiger partial charge in [0.2, 0.25) is 5.91 Å². The van der Waals surface area contributed by atoms with Crippen LogP contribution in [0.25, 0.3) is 11.4 Å². The number of carbonyl (C=O) groups is 1. The monoisotopic (exact) mass is 442 g/mol. The molecule has 1 aromatic heterocycles. The van der Waals surface area contributed by atoms with Gasteiger partial charge < -0.3 is 10.1 Å². The van der Waals surface area contributed by atoms with E-state index in [-0.39, 0.29) is 5.91 Å². The molecule has 0 aliphatic carbocycles. The molecule has 0 saturated heterocycles. The van der Waals surface area contributed by atoms with Crippen molar-refractivity contribution in [2.75, 3.05) is 12.4 Å². The van der Waals surface area contributed by atoms with E-state index in [0.29, 0.717) is 28.2 Å². The lowest BCUT2D eigenvalue weighted by Gasteiger charge is -2.15. The van der Waals surface area contributed by atoms with Crippen LogP contribution in [0.5, 0.6) is 5.75 Å². The second-order valence-corrected chi connectivity index (χ2v) is 8.41. The molecule has 0 aliphatic heterocycles. The van der Waals surface area contributed by atoms with Crippen LogP contribution in [-0.2, 0) is 11.3 Å². The number of carbonyl (C=O) groups excluding carboxylic acids is 1. The van der Waals surface area contributed by atoms with Gasteiger partial charge in [-0.2, -0.15) is 0 Å². The number of hydrogen-bond acceptors (Lipinski definition) is 5. The van der Waals surface area contributed by atoms with E-state index in [9.17, 15) is 4.79 Å². The highest BCUT2D eigenvalue weighted by atomic mass is 35.5. The summed E-state index contributed by atoms with van der Waals surface area (Å²) in [4.78, 5) is 12.8. The van der Waals surface area contributed by atoms with E-state index in [2.05, 4.69) is 28.2 Å². The van der Waals surface area contributed by atoms with Gasteiger partial charge in [-0.1, -0.05) is 53.2 Å². The van der Waals surface area contributed by atoms with Gasteiger partial charge >= 0.3 is 0 Å². The molecule has 0 spiro atoms. The highest BCUT2D eigenvalue weighted by molar-refractivity contribution is 8.00. The number of halogens is 1. The Kier molecular flexibility index (Phi) is 7.18. The van der Waals surface area contributed by atoms with Crippen molar-refractivity contribution in [2.24, 2.45) is 0 Å². The summed E-state index contributed by atoms with van der Waals surface area (Å²) in [5.74, 6) is 1.09. The number of rotatable bonds is 8. The van der Waals surface area contributed by atoms with Crippen LogP contribution in [-0.4, -0.2) is 33.0 Å². The van der Waals surface area contributed by atoms with Crippen LogP contribution < -0.4 is 10.1 Å². The number of amides is 1. The molecule has 1 heterocycles. The Labute approximate surface area is 185 Å². The number of thioether (sulfide) groups is 1. The summed E-state index contributed by atoms with van der Waals surface area (Å²) < 4.78 is 7.25. The van der Waals surface area contributed by atoms with Crippen LogP contribution in [0.4, 0.5) is 5.69 Å². The molecule has 6 nitrogen and oxygen atoms in total. The molecule has 0 saturated carbocycles. The third-order valence-electron chi connectivity index (χ3n) is 4.38. The second kappa shape index (κ2) is 9.82. The van der Waals surface area contributed by atoms with E-state index in [1.54, 1.807) is 31.4 Å². The largest absolute Gasteiger partial charge is 0.495 e. The zero-order chi connectivity index (χ0) is 21.7. The topological polar surface area (TPSA) is 69.0 Å². The number of nitrogens with one attached hydrogen (secondary N) is 1. The molecule has 3 rings (SSSR count). The SMILES string of the molecule is C=CCn1c(SC(C)C(=O)Nc2cc(Cl)ccc2OC)nnc1-c1cccc(C)c1. The van der Waals surface area contributed by atoms with Gasteiger partial charge in [0, 0.05) is 17.1 Å². The third-order valence-corrected chi connectivity index (χ3v) is 5.69. The van der Waals surface area contributed by atoms with Crippen molar-refractivity contribution >= 4 is 35.0 Å². The molecule has 8 heteroatoms. The average Bonchev–Trinajstić information content (AvgIpc) is 3.10. The predicted octanol–water partition coefficient (Wildman–Crippen LogP) is 5.22. The molecule has 1 atom stereocenters. The summed E-state index contributed by atoms with van der Waals surface area (Å²) in [7, 11) is 1.54. The number of benzene rings is 2. The van der Waals surface area contributed by atoms with Gasteiger partial charge in [0.25, 0.3) is 0 Å². The zero-order valence-corrected chi connectivity index (χ0v) is 18.6. The molecule has 3 aromatic rings. The van der Waals surface area contributed by atoms with Gasteiger partial charge in [-0.3, -0.25) is 9.36 Å². The predicted molar refractivity (Wildman–Crippen MR) is 122 cm³/mol. The number of aryl methyl sites for hydroxylation is 1. The van der Waals surface area contributed by atoms with Gasteiger partial charge in [0.1, 0.15) is 5.75 Å². The zero-order valence-electron chi connectivity index (χ0n) is 17.1. The highest BCUT2D eigenvalue weighted by Gasteiger charge is 2.21. The number of ether oxygens (including phenoxy) is 1. The number of nitrogens with zero attached hydrogens (tertiary/aromatic N) is 3. The van der Waals surface area contributed by atoms with E-state index < -0.39 is 5.25 Å². The maximum absolute atomic E-state index is 12.8. The van der Waals surface area contributed by atoms with Gasteiger partial charge in [0.05, 0.1) is 18.0 Å². The minimum atomic E-state index is -0.424. The number of hydrogen-bond donors (Lipinski definition) is 1. The first-order chi connectivity index (χ1) is 14.4. The van der Waals surface area contributed by atoms with E-state index in [1.807, 2.05) is 36.6 Å². The minimum Gasteiger partial charge on any atom is -0.495 e. The van der Waals surface area contributed by atoms with E-state index in [0.717, 1.165) is 17.0 Å². The molecule has 156 valence electrons. The lowest BCUT2D eigenvalue weighted by molar-refractivity contribution is -0.115. The van der Waals surface area contributed by atoms with Crippen LogP contribution in [0.3, 0.4) is 0 Å². The van der Waals surface area contributed by atoms with E-state index >= 15 is 0 Å².